The molecule has 0 saturated carbocycles. The third-order valence-electron chi connectivity index (χ3n) is 6.19. The summed E-state index contributed by atoms with van der Waals surface area (Å²) in [5.74, 6) is 0. The Bertz CT molecular complexity index is 1750. The quantitative estimate of drug-likeness (QED) is 0.210. The smallest absolute Gasteiger partial charge is 0.235 e. The van der Waals surface area contributed by atoms with E-state index in [1.807, 2.05) is 42.5 Å². The predicted molar refractivity (Wildman–Crippen MR) is 148 cm³/mol. The van der Waals surface area contributed by atoms with Crippen LogP contribution in [0.1, 0.15) is 24.3 Å². The second-order valence-corrected chi connectivity index (χ2v) is 13.5. The van der Waals surface area contributed by atoms with E-state index in [0.717, 1.165) is 4.90 Å². The molecule has 5 aromatic rings. The molecule has 0 aliphatic carbocycles. The summed E-state index contributed by atoms with van der Waals surface area (Å²) < 4.78 is 57.7. The SMILES string of the molecule is CC[C@H](c1c(Sc2ccccc2)c2ccccc2n1S(=O)(=O)c1ccccc1)S(=O)(=O)c1ccccc1. The average Bonchev–Trinajstić information content (AvgIpc) is 3.25. The predicted octanol–water partition coefficient (Wildman–Crippen LogP) is 6.95. The Hall–Kier alpha value is -3.33. The molecule has 8 heteroatoms. The van der Waals surface area contributed by atoms with Gasteiger partial charge in [0.05, 0.1) is 21.0 Å². The molecule has 0 radical (unpaired) electrons. The zero-order valence-electron chi connectivity index (χ0n) is 20.1. The lowest BCUT2D eigenvalue weighted by Crippen LogP contribution is -2.22. The van der Waals surface area contributed by atoms with Gasteiger partial charge in [-0.25, -0.2) is 20.8 Å². The molecule has 0 N–H and O–H groups in total. The van der Waals surface area contributed by atoms with Gasteiger partial charge in [0.1, 0.15) is 5.25 Å². The minimum absolute atomic E-state index is 0.0974. The summed E-state index contributed by atoms with van der Waals surface area (Å²) in [6, 6.07) is 33.1. The Balaban J connectivity index is 1.88. The number of hydrogen-bond donors (Lipinski definition) is 0. The zero-order valence-corrected chi connectivity index (χ0v) is 22.5. The van der Waals surface area contributed by atoms with Crippen molar-refractivity contribution in [2.24, 2.45) is 0 Å². The van der Waals surface area contributed by atoms with E-state index in [1.165, 1.54) is 27.9 Å². The van der Waals surface area contributed by atoms with Crippen molar-refractivity contribution >= 4 is 42.5 Å². The molecule has 5 nitrogen and oxygen atoms in total. The van der Waals surface area contributed by atoms with Gasteiger partial charge in [0.25, 0.3) is 10.0 Å². The number of hydrogen-bond acceptors (Lipinski definition) is 5. The van der Waals surface area contributed by atoms with Gasteiger partial charge in [-0.15, -0.1) is 0 Å². The van der Waals surface area contributed by atoms with Crippen LogP contribution in [0.4, 0.5) is 0 Å². The monoisotopic (exact) mass is 547 g/mol. The fraction of sp³-hybridized carbons (Fsp3) is 0.103. The molecule has 0 unspecified atom stereocenters. The molecule has 0 amide bonds. The highest BCUT2D eigenvalue weighted by atomic mass is 32.2. The maximum atomic E-state index is 14.2. The molecule has 0 aliphatic rings. The van der Waals surface area contributed by atoms with E-state index in [1.54, 1.807) is 67.6 Å². The third kappa shape index (κ3) is 4.61. The number of fused-ring (bicyclic) bond motifs is 1. The van der Waals surface area contributed by atoms with Crippen LogP contribution in [-0.4, -0.2) is 20.8 Å². The van der Waals surface area contributed by atoms with Crippen LogP contribution in [0, 0.1) is 0 Å². The van der Waals surface area contributed by atoms with Gasteiger partial charge in [-0.2, -0.15) is 0 Å². The van der Waals surface area contributed by atoms with Crippen LogP contribution in [0.2, 0.25) is 0 Å². The Morgan fingerprint density at radius 2 is 1.19 bits per heavy atom. The van der Waals surface area contributed by atoms with Crippen molar-refractivity contribution in [2.75, 3.05) is 0 Å². The second-order valence-electron chi connectivity index (χ2n) is 8.48. The Morgan fingerprint density at radius 3 is 1.78 bits per heavy atom. The van der Waals surface area contributed by atoms with E-state index in [2.05, 4.69) is 0 Å². The Morgan fingerprint density at radius 1 is 0.676 bits per heavy atom. The third-order valence-corrected chi connectivity index (χ3v) is 11.3. The average molecular weight is 548 g/mol. The molecule has 0 aliphatic heterocycles. The number of benzene rings is 4. The summed E-state index contributed by atoms with van der Waals surface area (Å²) >= 11 is 1.38. The van der Waals surface area contributed by atoms with Gasteiger partial charge >= 0.3 is 0 Å². The lowest BCUT2D eigenvalue weighted by Gasteiger charge is -2.21. The fourth-order valence-electron chi connectivity index (χ4n) is 4.48. The number of rotatable bonds is 8. The van der Waals surface area contributed by atoms with Crippen molar-refractivity contribution in [1.29, 1.82) is 0 Å². The molecule has 0 bridgehead atoms. The molecule has 0 saturated heterocycles. The summed E-state index contributed by atoms with van der Waals surface area (Å²) in [5, 5.41) is -0.403. The first-order valence-electron chi connectivity index (χ1n) is 11.8. The minimum atomic E-state index is -4.13. The first-order chi connectivity index (χ1) is 17.9. The second kappa shape index (κ2) is 10.2. The van der Waals surface area contributed by atoms with Crippen molar-refractivity contribution in [3.05, 3.63) is 121 Å². The standard InChI is InChI=1S/C29H25NO4S3/c1-2-27(36(31,32)23-16-8-4-9-17-23)28-29(35-22-14-6-3-7-15-22)25-20-12-13-21-26(25)30(28)37(33,34)24-18-10-5-11-19-24/h3-21,27H,2H2,1H3/t27-/m1/s1. The summed E-state index contributed by atoms with van der Waals surface area (Å²) in [5.41, 5.74) is 0.701. The Labute approximate surface area is 221 Å². The van der Waals surface area contributed by atoms with Gasteiger partial charge in [-0.05, 0) is 48.9 Å². The largest absolute Gasteiger partial charge is 0.268 e. The summed E-state index contributed by atoms with van der Waals surface area (Å²) in [6.07, 6.45) is 0.195. The van der Waals surface area contributed by atoms with Gasteiger partial charge in [0.2, 0.25) is 0 Å². The van der Waals surface area contributed by atoms with Crippen LogP contribution in [0.25, 0.3) is 10.9 Å². The van der Waals surface area contributed by atoms with Crippen molar-refractivity contribution in [3.8, 4) is 0 Å². The minimum Gasteiger partial charge on any atom is -0.235 e. The number of nitrogens with zero attached hydrogens (tertiary/aromatic N) is 1. The lowest BCUT2D eigenvalue weighted by molar-refractivity contribution is 0.570. The van der Waals surface area contributed by atoms with Crippen molar-refractivity contribution < 1.29 is 16.8 Å². The molecule has 37 heavy (non-hydrogen) atoms. The van der Waals surface area contributed by atoms with Gasteiger partial charge in [0, 0.05) is 15.2 Å². The van der Waals surface area contributed by atoms with E-state index in [-0.39, 0.29) is 21.9 Å². The van der Waals surface area contributed by atoms with Crippen LogP contribution in [-0.2, 0) is 19.9 Å². The summed E-state index contributed by atoms with van der Waals surface area (Å²) in [4.78, 5) is 1.76. The van der Waals surface area contributed by atoms with Crippen LogP contribution >= 0.6 is 11.8 Å². The van der Waals surface area contributed by atoms with E-state index in [0.29, 0.717) is 15.8 Å². The number of para-hydroxylation sites is 1. The zero-order chi connectivity index (χ0) is 26.0. The lowest BCUT2D eigenvalue weighted by atomic mass is 10.2. The molecule has 1 heterocycles. The van der Waals surface area contributed by atoms with Crippen LogP contribution in [0.5, 0.6) is 0 Å². The maximum Gasteiger partial charge on any atom is 0.268 e. The van der Waals surface area contributed by atoms with Gasteiger partial charge < -0.3 is 0 Å². The summed E-state index contributed by atoms with van der Waals surface area (Å²) in [7, 11) is -8.06. The van der Waals surface area contributed by atoms with E-state index in [4.69, 9.17) is 0 Å². The van der Waals surface area contributed by atoms with Crippen LogP contribution in [0.3, 0.4) is 0 Å². The van der Waals surface area contributed by atoms with Crippen LogP contribution < -0.4 is 0 Å². The van der Waals surface area contributed by atoms with Gasteiger partial charge in [-0.3, -0.25) is 0 Å². The summed E-state index contributed by atoms with van der Waals surface area (Å²) in [6.45, 7) is 1.78. The Kier molecular flexibility index (Phi) is 6.98. The molecule has 1 aromatic heterocycles. The number of aromatic nitrogens is 1. The topological polar surface area (TPSA) is 73.2 Å². The fourth-order valence-corrected chi connectivity index (χ4v) is 9.26. The molecule has 5 rings (SSSR count). The van der Waals surface area contributed by atoms with Crippen molar-refractivity contribution in [2.45, 2.75) is 38.2 Å². The highest BCUT2D eigenvalue weighted by molar-refractivity contribution is 7.99. The van der Waals surface area contributed by atoms with E-state index in [9.17, 15) is 16.8 Å². The molecule has 1 atom stereocenters. The molecular formula is C29H25NO4S3. The molecule has 0 fully saturated rings. The van der Waals surface area contributed by atoms with Crippen LogP contribution in [0.15, 0.2) is 135 Å². The molecule has 0 spiro atoms. The van der Waals surface area contributed by atoms with Gasteiger partial charge in [0.15, 0.2) is 9.84 Å². The molecular weight excluding hydrogens is 523 g/mol. The highest BCUT2D eigenvalue weighted by Gasteiger charge is 2.37. The van der Waals surface area contributed by atoms with E-state index >= 15 is 0 Å². The maximum absolute atomic E-state index is 14.2. The highest BCUT2D eigenvalue weighted by Crippen LogP contribution is 2.46. The van der Waals surface area contributed by atoms with Gasteiger partial charge in [-0.1, -0.05) is 91.5 Å². The van der Waals surface area contributed by atoms with Crippen molar-refractivity contribution in [3.63, 3.8) is 0 Å². The number of sulfone groups is 1. The molecule has 188 valence electrons. The van der Waals surface area contributed by atoms with Crippen molar-refractivity contribution in [1.82, 2.24) is 3.97 Å². The molecule has 4 aromatic carbocycles. The van der Waals surface area contributed by atoms with E-state index < -0.39 is 25.1 Å². The first kappa shape index (κ1) is 25.3. The normalized spacial score (nSPS) is 13.0. The first-order valence-corrected chi connectivity index (χ1v) is 15.6.